The zero-order valence-electron chi connectivity index (χ0n) is 18.6. The highest BCUT2D eigenvalue weighted by Gasteiger charge is 2.26. The van der Waals surface area contributed by atoms with Crippen LogP contribution >= 0.6 is 0 Å². The molecule has 1 amide bonds. The van der Waals surface area contributed by atoms with Crippen LogP contribution in [0.2, 0.25) is 0 Å². The Morgan fingerprint density at radius 3 is 2.39 bits per heavy atom. The number of benzene rings is 1. The number of hydrogen-bond donors (Lipinski definition) is 2. The molecule has 9 heteroatoms. The molecule has 1 atom stereocenters. The number of nitrogens with one attached hydrogen (secondary N) is 1. The van der Waals surface area contributed by atoms with Gasteiger partial charge in [0.1, 0.15) is 11.3 Å². The standard InChI is InChI=1S/C22H28N6O3/c1-14(22(2,3)31)24-20(29)18-11-19(15-7-9-16(10-8-15)26(4)5)25-28(21(18)30)17-12-23-27(6)13-17/h7-14,31H,1-6H3,(H,24,29). The van der Waals surface area contributed by atoms with Gasteiger partial charge in [-0.25, -0.2) is 0 Å². The van der Waals surface area contributed by atoms with Crippen LogP contribution in [0.3, 0.4) is 0 Å². The van der Waals surface area contributed by atoms with Crippen molar-refractivity contribution in [2.24, 2.45) is 7.05 Å². The maximum absolute atomic E-state index is 13.1. The third kappa shape index (κ3) is 4.83. The smallest absolute Gasteiger partial charge is 0.284 e. The molecule has 1 aromatic carbocycles. The molecule has 0 radical (unpaired) electrons. The molecule has 0 fully saturated rings. The summed E-state index contributed by atoms with van der Waals surface area (Å²) in [5.41, 5.74) is 0.909. The summed E-state index contributed by atoms with van der Waals surface area (Å²) in [7, 11) is 5.63. The summed E-state index contributed by atoms with van der Waals surface area (Å²) in [5.74, 6) is -0.578. The number of nitrogens with zero attached hydrogens (tertiary/aromatic N) is 5. The van der Waals surface area contributed by atoms with E-state index in [1.165, 1.54) is 16.9 Å². The van der Waals surface area contributed by atoms with Gasteiger partial charge in [-0.3, -0.25) is 14.3 Å². The number of rotatable bonds is 6. The van der Waals surface area contributed by atoms with Crippen LogP contribution in [0.25, 0.3) is 16.9 Å². The van der Waals surface area contributed by atoms with E-state index in [9.17, 15) is 14.7 Å². The normalized spacial score (nSPS) is 12.5. The molecule has 0 saturated carbocycles. The quantitative estimate of drug-likeness (QED) is 0.623. The van der Waals surface area contributed by atoms with Crippen LogP contribution in [0.5, 0.6) is 0 Å². The van der Waals surface area contributed by atoms with E-state index in [4.69, 9.17) is 0 Å². The third-order valence-corrected chi connectivity index (χ3v) is 5.18. The summed E-state index contributed by atoms with van der Waals surface area (Å²) in [6.45, 7) is 4.87. The van der Waals surface area contributed by atoms with Crippen molar-refractivity contribution < 1.29 is 9.90 Å². The summed E-state index contributed by atoms with van der Waals surface area (Å²) in [4.78, 5) is 28.0. The van der Waals surface area contributed by atoms with Crippen LogP contribution in [-0.4, -0.2) is 56.3 Å². The van der Waals surface area contributed by atoms with Crippen LogP contribution in [0.4, 0.5) is 5.69 Å². The fourth-order valence-corrected chi connectivity index (χ4v) is 2.87. The van der Waals surface area contributed by atoms with E-state index in [2.05, 4.69) is 15.5 Å². The molecule has 2 heterocycles. The van der Waals surface area contributed by atoms with Gasteiger partial charge in [0.25, 0.3) is 11.5 Å². The highest BCUT2D eigenvalue weighted by atomic mass is 16.3. The Balaban J connectivity index is 2.12. The van der Waals surface area contributed by atoms with E-state index in [-0.39, 0.29) is 5.56 Å². The third-order valence-electron chi connectivity index (χ3n) is 5.18. The summed E-state index contributed by atoms with van der Waals surface area (Å²) < 4.78 is 2.73. The Morgan fingerprint density at radius 1 is 1.23 bits per heavy atom. The predicted molar refractivity (Wildman–Crippen MR) is 120 cm³/mol. The first-order valence-corrected chi connectivity index (χ1v) is 9.92. The fraction of sp³-hybridized carbons (Fsp3) is 0.364. The van der Waals surface area contributed by atoms with Crippen LogP contribution < -0.4 is 15.8 Å². The van der Waals surface area contributed by atoms with Crippen molar-refractivity contribution in [3.63, 3.8) is 0 Å². The molecule has 0 aliphatic rings. The lowest BCUT2D eigenvalue weighted by atomic mass is 10.0. The van der Waals surface area contributed by atoms with Gasteiger partial charge in [0, 0.05) is 32.4 Å². The van der Waals surface area contributed by atoms with Gasteiger partial charge in [-0.2, -0.15) is 14.9 Å². The molecular formula is C22H28N6O3. The maximum atomic E-state index is 13.1. The van der Waals surface area contributed by atoms with Gasteiger partial charge in [0.2, 0.25) is 0 Å². The minimum atomic E-state index is -1.14. The zero-order valence-corrected chi connectivity index (χ0v) is 18.6. The first-order valence-electron chi connectivity index (χ1n) is 9.92. The van der Waals surface area contributed by atoms with Gasteiger partial charge in [0.15, 0.2) is 0 Å². The lowest BCUT2D eigenvalue weighted by molar-refractivity contribution is 0.0408. The molecule has 164 valence electrons. The summed E-state index contributed by atoms with van der Waals surface area (Å²) in [6.07, 6.45) is 3.16. The summed E-state index contributed by atoms with van der Waals surface area (Å²) in [5, 5.41) is 21.5. The summed E-state index contributed by atoms with van der Waals surface area (Å²) >= 11 is 0. The van der Waals surface area contributed by atoms with Gasteiger partial charge in [-0.1, -0.05) is 12.1 Å². The molecule has 2 aromatic heterocycles. The van der Waals surface area contributed by atoms with Crippen LogP contribution in [0.15, 0.2) is 47.5 Å². The van der Waals surface area contributed by atoms with Crippen molar-refractivity contribution in [2.75, 3.05) is 19.0 Å². The van der Waals surface area contributed by atoms with E-state index in [1.54, 1.807) is 38.7 Å². The first-order chi connectivity index (χ1) is 14.5. The number of carbonyl (C=O) groups excluding carboxylic acids is 1. The fourth-order valence-electron chi connectivity index (χ4n) is 2.87. The molecular weight excluding hydrogens is 396 g/mol. The van der Waals surface area contributed by atoms with Crippen molar-refractivity contribution in [1.29, 1.82) is 0 Å². The molecule has 3 aromatic rings. The van der Waals surface area contributed by atoms with E-state index in [0.717, 1.165) is 11.3 Å². The number of amides is 1. The molecule has 2 N–H and O–H groups in total. The van der Waals surface area contributed by atoms with E-state index in [1.807, 2.05) is 43.3 Å². The van der Waals surface area contributed by atoms with Crippen LogP contribution in [-0.2, 0) is 7.05 Å². The molecule has 9 nitrogen and oxygen atoms in total. The maximum Gasteiger partial charge on any atom is 0.284 e. The minimum Gasteiger partial charge on any atom is -0.388 e. The van der Waals surface area contributed by atoms with E-state index >= 15 is 0 Å². The van der Waals surface area contributed by atoms with Gasteiger partial charge >= 0.3 is 0 Å². The van der Waals surface area contributed by atoms with Crippen LogP contribution in [0, 0.1) is 0 Å². The SMILES string of the molecule is CC(NC(=O)c1cc(-c2ccc(N(C)C)cc2)nn(-c2cnn(C)c2)c1=O)C(C)(C)O. The second-order valence-corrected chi connectivity index (χ2v) is 8.32. The number of aliphatic hydroxyl groups is 1. The molecule has 0 spiro atoms. The molecule has 0 bridgehead atoms. The lowest BCUT2D eigenvalue weighted by Crippen LogP contribution is -2.48. The van der Waals surface area contributed by atoms with Gasteiger partial charge in [-0.05, 0) is 39.0 Å². The average molecular weight is 425 g/mol. The van der Waals surface area contributed by atoms with Crippen molar-refractivity contribution in [2.45, 2.75) is 32.4 Å². The highest BCUT2D eigenvalue weighted by molar-refractivity contribution is 5.95. The Kier molecular flexibility index (Phi) is 5.99. The second-order valence-electron chi connectivity index (χ2n) is 8.32. The number of aryl methyl sites for hydroxylation is 1. The second kappa shape index (κ2) is 8.35. The molecule has 3 rings (SSSR count). The lowest BCUT2D eigenvalue weighted by Gasteiger charge is -2.26. The van der Waals surface area contributed by atoms with Crippen LogP contribution in [0.1, 0.15) is 31.1 Å². The molecule has 0 aliphatic heterocycles. The Labute approximate surface area is 180 Å². The van der Waals surface area contributed by atoms with Gasteiger partial charge in [-0.15, -0.1) is 0 Å². The highest BCUT2D eigenvalue weighted by Crippen LogP contribution is 2.21. The molecule has 0 aliphatic carbocycles. The number of aromatic nitrogens is 4. The van der Waals surface area contributed by atoms with Gasteiger partial charge in [0.05, 0.1) is 29.7 Å². The van der Waals surface area contributed by atoms with Gasteiger partial charge < -0.3 is 15.3 Å². The zero-order chi connectivity index (χ0) is 22.9. The summed E-state index contributed by atoms with van der Waals surface area (Å²) in [6, 6.07) is 8.56. The molecule has 1 unspecified atom stereocenters. The van der Waals surface area contributed by atoms with Crippen molar-refractivity contribution in [3.8, 4) is 16.9 Å². The van der Waals surface area contributed by atoms with E-state index in [0.29, 0.717) is 11.4 Å². The number of hydrogen-bond acceptors (Lipinski definition) is 6. The van der Waals surface area contributed by atoms with E-state index < -0.39 is 23.1 Å². The number of carbonyl (C=O) groups is 1. The van der Waals surface area contributed by atoms with Crippen molar-refractivity contribution >= 4 is 11.6 Å². The topological polar surface area (TPSA) is 105 Å². The average Bonchev–Trinajstić information content (AvgIpc) is 3.13. The minimum absolute atomic E-state index is 0.0679. The van der Waals surface area contributed by atoms with Crippen molar-refractivity contribution in [1.82, 2.24) is 24.9 Å². The first kappa shape index (κ1) is 22.2. The molecule has 0 saturated heterocycles. The van der Waals surface area contributed by atoms with Crippen molar-refractivity contribution in [3.05, 3.63) is 58.6 Å². The molecule has 31 heavy (non-hydrogen) atoms. The predicted octanol–water partition coefficient (Wildman–Crippen LogP) is 1.59. The monoisotopic (exact) mass is 424 g/mol. The Hall–Kier alpha value is -3.46. The Morgan fingerprint density at radius 2 is 1.87 bits per heavy atom. The Bertz CT molecular complexity index is 1140. The number of anilines is 1. The largest absolute Gasteiger partial charge is 0.388 e.